The quantitative estimate of drug-likeness (QED) is 0.376. The van der Waals surface area contributed by atoms with Gasteiger partial charge in [-0.3, -0.25) is 0 Å². The number of aromatic hydroxyl groups is 4. The topological polar surface area (TPSA) is 110 Å². The van der Waals surface area contributed by atoms with Gasteiger partial charge >= 0.3 is 0 Å². The number of ether oxygens (including phenoxy) is 1. The van der Waals surface area contributed by atoms with Crippen molar-refractivity contribution in [2.24, 2.45) is 0 Å². The van der Waals surface area contributed by atoms with Crippen molar-refractivity contribution in [1.29, 1.82) is 0 Å². The lowest BCUT2D eigenvalue weighted by atomic mass is 9.77. The third-order valence-corrected chi connectivity index (χ3v) is 6.16. The average Bonchev–Trinajstić information content (AvgIpc) is 2.74. The fourth-order valence-electron chi connectivity index (χ4n) is 4.72. The summed E-state index contributed by atoms with van der Waals surface area (Å²) in [6.07, 6.45) is 1.61. The summed E-state index contributed by atoms with van der Waals surface area (Å²) in [5, 5.41) is 54.8. The number of fused-ring (bicyclic) bond motifs is 2. The number of hydrogen-bond acceptors (Lipinski definition) is 6. The van der Waals surface area contributed by atoms with E-state index in [1.807, 2.05) is 19.9 Å². The Morgan fingerprint density at radius 3 is 2.32 bits per heavy atom. The van der Waals surface area contributed by atoms with Gasteiger partial charge in [0.2, 0.25) is 0 Å². The van der Waals surface area contributed by atoms with Crippen molar-refractivity contribution in [1.82, 2.24) is 0 Å². The molecule has 1 aliphatic rings. The molecule has 0 saturated heterocycles. The van der Waals surface area contributed by atoms with Gasteiger partial charge in [-0.1, -0.05) is 51.0 Å². The standard InChI is InChI=1S/C25H28O6/c1-3-7-16-19(26)12-21-18(22(16)28)13-25(30,10-4-2)24(31-21)17-11-20(27)23(29)15-9-6-5-8-14(15)17/h5-6,8-9,11-12,24,26-30H,3-4,7,10,13H2,1-2H3/t24-,25+/m1/s1. The summed E-state index contributed by atoms with van der Waals surface area (Å²) < 4.78 is 6.22. The zero-order chi connectivity index (χ0) is 22.3. The molecule has 5 N–H and O–H groups in total. The van der Waals surface area contributed by atoms with E-state index in [4.69, 9.17) is 4.74 Å². The molecule has 0 bridgehead atoms. The van der Waals surface area contributed by atoms with E-state index in [-0.39, 0.29) is 29.4 Å². The minimum Gasteiger partial charge on any atom is -0.507 e. The molecule has 1 heterocycles. The van der Waals surface area contributed by atoms with Crippen molar-refractivity contribution in [2.75, 3.05) is 0 Å². The Morgan fingerprint density at radius 2 is 1.65 bits per heavy atom. The fraction of sp³-hybridized carbons (Fsp3) is 0.360. The Labute approximate surface area is 181 Å². The molecular formula is C25H28O6. The van der Waals surface area contributed by atoms with Gasteiger partial charge in [0.1, 0.15) is 22.8 Å². The van der Waals surface area contributed by atoms with Gasteiger partial charge in [-0.25, -0.2) is 0 Å². The van der Waals surface area contributed by atoms with E-state index < -0.39 is 11.7 Å². The molecule has 0 unspecified atom stereocenters. The molecule has 0 radical (unpaired) electrons. The lowest BCUT2D eigenvalue weighted by Crippen LogP contribution is -2.44. The Morgan fingerprint density at radius 1 is 0.935 bits per heavy atom. The van der Waals surface area contributed by atoms with E-state index in [1.54, 1.807) is 18.2 Å². The first-order valence-electron chi connectivity index (χ1n) is 10.7. The second kappa shape index (κ2) is 7.85. The van der Waals surface area contributed by atoms with E-state index in [2.05, 4.69) is 0 Å². The molecule has 6 heteroatoms. The number of aliphatic hydroxyl groups is 1. The zero-order valence-electron chi connectivity index (χ0n) is 17.7. The van der Waals surface area contributed by atoms with Gasteiger partial charge in [0.15, 0.2) is 17.6 Å². The monoisotopic (exact) mass is 424 g/mol. The van der Waals surface area contributed by atoms with Gasteiger partial charge in [-0.05, 0) is 24.3 Å². The summed E-state index contributed by atoms with van der Waals surface area (Å²) in [7, 11) is 0. The average molecular weight is 424 g/mol. The maximum atomic E-state index is 11.7. The van der Waals surface area contributed by atoms with Crippen molar-refractivity contribution >= 4 is 10.8 Å². The molecule has 3 aromatic carbocycles. The number of phenolic OH excluding ortho intramolecular Hbond substituents is 4. The van der Waals surface area contributed by atoms with Crippen LogP contribution >= 0.6 is 0 Å². The Hall–Kier alpha value is -3.12. The van der Waals surface area contributed by atoms with Crippen LogP contribution in [0.2, 0.25) is 0 Å². The molecule has 0 saturated carbocycles. The number of rotatable bonds is 5. The van der Waals surface area contributed by atoms with E-state index in [1.165, 1.54) is 12.1 Å². The summed E-state index contributed by atoms with van der Waals surface area (Å²) in [6, 6.07) is 9.96. The van der Waals surface area contributed by atoms with Crippen LogP contribution < -0.4 is 4.74 Å². The third-order valence-electron chi connectivity index (χ3n) is 6.16. The van der Waals surface area contributed by atoms with Gasteiger partial charge in [-0.15, -0.1) is 0 Å². The minimum absolute atomic E-state index is 0.0387. The van der Waals surface area contributed by atoms with Crippen LogP contribution in [0.15, 0.2) is 36.4 Å². The lowest BCUT2D eigenvalue weighted by Gasteiger charge is -2.42. The van der Waals surface area contributed by atoms with E-state index in [0.717, 1.165) is 6.42 Å². The van der Waals surface area contributed by atoms with E-state index in [0.29, 0.717) is 52.5 Å². The molecule has 1 aliphatic heterocycles. The van der Waals surface area contributed by atoms with Crippen LogP contribution in [0.25, 0.3) is 10.8 Å². The maximum Gasteiger partial charge on any atom is 0.165 e. The second-order valence-corrected chi connectivity index (χ2v) is 8.36. The molecule has 0 spiro atoms. The zero-order valence-corrected chi connectivity index (χ0v) is 17.7. The molecule has 0 fully saturated rings. The summed E-state index contributed by atoms with van der Waals surface area (Å²) in [6.45, 7) is 3.91. The van der Waals surface area contributed by atoms with Crippen LogP contribution in [0.3, 0.4) is 0 Å². The van der Waals surface area contributed by atoms with Crippen molar-refractivity contribution in [3.8, 4) is 28.7 Å². The first kappa shape index (κ1) is 21.1. The normalized spacial score (nSPS) is 20.4. The fourth-order valence-corrected chi connectivity index (χ4v) is 4.72. The molecule has 164 valence electrons. The summed E-state index contributed by atoms with van der Waals surface area (Å²) in [5.74, 6) is -0.309. The van der Waals surface area contributed by atoms with Crippen LogP contribution in [0.4, 0.5) is 0 Å². The SMILES string of the molecule is CCCc1c(O)cc2c(c1O)C[C@@](O)(CCC)[C@@H](c1cc(O)c(O)c3ccccc13)O2. The maximum absolute atomic E-state index is 11.7. The second-order valence-electron chi connectivity index (χ2n) is 8.36. The van der Waals surface area contributed by atoms with Crippen LogP contribution in [0.5, 0.6) is 28.7 Å². The summed E-state index contributed by atoms with van der Waals surface area (Å²) >= 11 is 0. The predicted octanol–water partition coefficient (Wildman–Crippen LogP) is 4.82. The van der Waals surface area contributed by atoms with Gasteiger partial charge in [0.25, 0.3) is 0 Å². The van der Waals surface area contributed by atoms with E-state index in [9.17, 15) is 25.5 Å². The van der Waals surface area contributed by atoms with Crippen LogP contribution in [-0.2, 0) is 12.8 Å². The molecule has 2 atom stereocenters. The highest BCUT2D eigenvalue weighted by Gasteiger charge is 2.45. The smallest absolute Gasteiger partial charge is 0.165 e. The first-order valence-corrected chi connectivity index (χ1v) is 10.7. The molecule has 31 heavy (non-hydrogen) atoms. The first-order chi connectivity index (χ1) is 14.8. The number of benzene rings is 3. The Balaban J connectivity index is 1.92. The van der Waals surface area contributed by atoms with Crippen molar-refractivity contribution in [2.45, 2.75) is 57.7 Å². The lowest BCUT2D eigenvalue weighted by molar-refractivity contribution is -0.0822. The van der Waals surface area contributed by atoms with Gasteiger partial charge in [0.05, 0.1) is 0 Å². The predicted molar refractivity (Wildman–Crippen MR) is 118 cm³/mol. The molecule has 0 amide bonds. The highest BCUT2D eigenvalue weighted by Crippen LogP contribution is 2.51. The molecule has 3 aromatic rings. The van der Waals surface area contributed by atoms with Crippen molar-refractivity contribution < 1.29 is 30.3 Å². The molecule has 0 aliphatic carbocycles. The highest BCUT2D eigenvalue weighted by molar-refractivity contribution is 5.93. The highest BCUT2D eigenvalue weighted by atomic mass is 16.5. The van der Waals surface area contributed by atoms with Crippen LogP contribution in [0.1, 0.15) is 55.9 Å². The molecular weight excluding hydrogens is 396 g/mol. The van der Waals surface area contributed by atoms with Crippen LogP contribution in [-0.4, -0.2) is 31.1 Å². The molecule has 0 aromatic heterocycles. The minimum atomic E-state index is -1.36. The van der Waals surface area contributed by atoms with Crippen molar-refractivity contribution in [3.05, 3.63) is 53.1 Å². The summed E-state index contributed by atoms with van der Waals surface area (Å²) in [4.78, 5) is 0. The third kappa shape index (κ3) is 3.41. The van der Waals surface area contributed by atoms with Gasteiger partial charge < -0.3 is 30.3 Å². The van der Waals surface area contributed by atoms with E-state index >= 15 is 0 Å². The molecule has 4 rings (SSSR count). The Bertz CT molecular complexity index is 1140. The summed E-state index contributed by atoms with van der Waals surface area (Å²) in [5.41, 5.74) is 0.103. The Kier molecular flexibility index (Phi) is 5.35. The van der Waals surface area contributed by atoms with Gasteiger partial charge in [0, 0.05) is 34.6 Å². The van der Waals surface area contributed by atoms with Crippen molar-refractivity contribution in [3.63, 3.8) is 0 Å². The number of hydrogen-bond donors (Lipinski definition) is 5. The van der Waals surface area contributed by atoms with Gasteiger partial charge in [-0.2, -0.15) is 0 Å². The largest absolute Gasteiger partial charge is 0.507 e. The van der Waals surface area contributed by atoms with Crippen LogP contribution in [0, 0.1) is 0 Å². The molecule has 6 nitrogen and oxygen atoms in total. The number of phenols is 4.